The summed E-state index contributed by atoms with van der Waals surface area (Å²) in [6, 6.07) is 15.3. The van der Waals surface area contributed by atoms with Crippen LogP contribution in [0.2, 0.25) is 29.6 Å². The van der Waals surface area contributed by atoms with Gasteiger partial charge in [-0.15, -0.1) is 0 Å². The summed E-state index contributed by atoms with van der Waals surface area (Å²) < 4.78 is 6.55. The van der Waals surface area contributed by atoms with Crippen LogP contribution in [0, 0.1) is 11.8 Å². The van der Waals surface area contributed by atoms with E-state index in [1.54, 1.807) is 46.8 Å². The van der Waals surface area contributed by atoms with Crippen LogP contribution in [0.25, 0.3) is 41.1 Å². The summed E-state index contributed by atoms with van der Waals surface area (Å²) in [5, 5.41) is 3.09. The molecule has 1 aromatic carbocycles. The number of unbranched alkanes of at least 4 members (excludes halogenated alkanes) is 2. The fraction of sp³-hybridized carbons (Fsp3) is 0.550. The second-order valence-electron chi connectivity index (χ2n) is 15.7. The molecule has 0 aliphatic heterocycles. The minimum atomic E-state index is -2.32. The molecule has 0 saturated carbocycles. The van der Waals surface area contributed by atoms with Crippen molar-refractivity contribution in [2.75, 3.05) is 0 Å². The second-order valence-corrected chi connectivity index (χ2v) is 51.0. The van der Waals surface area contributed by atoms with E-state index in [1.165, 1.54) is 74.0 Å². The third kappa shape index (κ3) is 8.53. The number of rotatable bonds is 16. The van der Waals surface area contributed by atoms with Crippen LogP contribution in [0.5, 0.6) is 0 Å². The zero-order chi connectivity index (χ0) is 33.2. The summed E-state index contributed by atoms with van der Waals surface area (Å²) in [7, 11) is 0. The first-order chi connectivity index (χ1) is 21.9. The van der Waals surface area contributed by atoms with E-state index in [-0.39, 0.29) is 0 Å². The zero-order valence-corrected chi connectivity index (χ0v) is 39.3. The van der Waals surface area contributed by atoms with E-state index in [9.17, 15) is 0 Å². The van der Waals surface area contributed by atoms with Gasteiger partial charge in [0.05, 0.1) is 0 Å². The van der Waals surface area contributed by atoms with Gasteiger partial charge in [0.2, 0.25) is 0 Å². The third-order valence-corrected chi connectivity index (χ3v) is 33.2. The number of hydrogen-bond donors (Lipinski definition) is 0. The molecule has 0 bridgehead atoms. The van der Waals surface area contributed by atoms with Gasteiger partial charge in [-0.1, -0.05) is 13.8 Å². The molecule has 5 aromatic rings. The second kappa shape index (κ2) is 16.0. The molecule has 0 radical (unpaired) electrons. The monoisotopic (exact) mass is 906 g/mol. The SMILES string of the molecule is CCCC[C@@H](CC)Cc1ccc(-c2c3c[c]([Sn]([CH3])([CH3])[CH3])sc3c(-c3ccc(C[C@@H](CC)CCCC)s3)c3c[c]([Sn]([CH3])([CH3])[CH3])sc23)s1. The molecule has 2 atom stereocenters. The number of thiophene rings is 4. The third-order valence-electron chi connectivity index (χ3n) is 9.82. The molecule has 0 saturated heterocycles. The van der Waals surface area contributed by atoms with E-state index in [2.05, 4.69) is 139 Å². The summed E-state index contributed by atoms with van der Waals surface area (Å²) in [5.74, 6) is 1.62. The molecule has 250 valence electrons. The van der Waals surface area contributed by atoms with Gasteiger partial charge >= 0.3 is 295 Å². The Morgan fingerprint density at radius 1 is 0.543 bits per heavy atom. The summed E-state index contributed by atoms with van der Waals surface area (Å²) in [6.45, 7) is 9.44. The van der Waals surface area contributed by atoms with Crippen LogP contribution in [-0.4, -0.2) is 36.8 Å². The molecule has 0 spiro atoms. The van der Waals surface area contributed by atoms with Crippen LogP contribution < -0.4 is 5.79 Å². The van der Waals surface area contributed by atoms with Crippen molar-refractivity contribution in [3.8, 4) is 20.9 Å². The van der Waals surface area contributed by atoms with E-state index in [0.29, 0.717) is 0 Å². The normalized spacial score (nSPS) is 14.1. The van der Waals surface area contributed by atoms with Gasteiger partial charge in [-0.05, 0) is 0 Å². The fourth-order valence-corrected chi connectivity index (χ4v) is 22.1. The van der Waals surface area contributed by atoms with E-state index in [0.717, 1.165) is 11.8 Å². The molecule has 46 heavy (non-hydrogen) atoms. The van der Waals surface area contributed by atoms with Gasteiger partial charge in [-0.2, -0.15) is 0 Å². The fourth-order valence-electron chi connectivity index (χ4n) is 6.70. The molecule has 5 rings (SSSR count). The summed E-state index contributed by atoms with van der Waals surface area (Å²) >= 11 is 3.88. The Kier molecular flexibility index (Phi) is 13.0. The van der Waals surface area contributed by atoms with Crippen molar-refractivity contribution >= 4 is 108 Å². The molecular formula is C40H58S4Sn2. The molecule has 0 unspecified atom stereocenters. The molecule has 0 nitrogen and oxygen atoms in total. The number of fused-ring (bicyclic) bond motifs is 2. The Bertz CT molecular complexity index is 1550. The quantitative estimate of drug-likeness (QED) is 0.0866. The molecule has 0 fully saturated rings. The van der Waals surface area contributed by atoms with Crippen molar-refractivity contribution in [3.05, 3.63) is 46.2 Å². The zero-order valence-electron chi connectivity index (χ0n) is 30.3. The Morgan fingerprint density at radius 2 is 0.935 bits per heavy atom. The molecular weight excluding hydrogens is 846 g/mol. The van der Waals surface area contributed by atoms with Crippen molar-refractivity contribution < 1.29 is 0 Å². The minimum absolute atomic E-state index is 0.808. The van der Waals surface area contributed by atoms with Gasteiger partial charge in [0, 0.05) is 0 Å². The Labute approximate surface area is 305 Å². The summed E-state index contributed by atoms with van der Waals surface area (Å²) in [5.41, 5.74) is 3.11. The van der Waals surface area contributed by atoms with Gasteiger partial charge in [0.15, 0.2) is 0 Å². The topological polar surface area (TPSA) is 0 Å². The van der Waals surface area contributed by atoms with Crippen LogP contribution in [0.1, 0.15) is 88.8 Å². The summed E-state index contributed by atoms with van der Waals surface area (Å²) in [4.78, 5) is 21.8. The van der Waals surface area contributed by atoms with Crippen molar-refractivity contribution in [1.29, 1.82) is 0 Å². The Balaban J connectivity index is 1.71. The van der Waals surface area contributed by atoms with Gasteiger partial charge in [-0.3, -0.25) is 0 Å². The predicted molar refractivity (Wildman–Crippen MR) is 224 cm³/mol. The Hall–Kier alpha value is 0.137. The first kappa shape index (κ1) is 37.4. The van der Waals surface area contributed by atoms with Gasteiger partial charge < -0.3 is 0 Å². The maximum atomic E-state index is 2.68. The van der Waals surface area contributed by atoms with E-state index in [1.807, 2.05) is 0 Å². The first-order valence-electron chi connectivity index (χ1n) is 18.1. The Morgan fingerprint density at radius 3 is 1.26 bits per heavy atom. The van der Waals surface area contributed by atoms with Crippen LogP contribution in [0.3, 0.4) is 0 Å². The van der Waals surface area contributed by atoms with Crippen LogP contribution in [-0.2, 0) is 12.8 Å². The van der Waals surface area contributed by atoms with E-state index < -0.39 is 36.8 Å². The molecule has 4 heterocycles. The molecule has 0 aliphatic carbocycles. The predicted octanol–water partition coefficient (Wildman–Crippen LogP) is 14.2. The van der Waals surface area contributed by atoms with Crippen molar-refractivity contribution in [3.63, 3.8) is 0 Å². The standard InChI is InChI=1S/C34H40S4.6CH3.2Sn/c1-5-9-11-23(7-3)21-25-13-15-29(37-25)31-27-17-19-36-34(27)32(28-18-20-35-33(28)31)30-16-14-26(38-30)22-24(8-4)12-10-6-2;;;;;;;;/h13-18,23-24H,5-12,21-22H2,1-4H3;6*1H3;;/t23-,24+;;;;;;;;. The van der Waals surface area contributed by atoms with Crippen molar-refractivity contribution in [2.24, 2.45) is 11.8 Å². The molecule has 0 aliphatic rings. The van der Waals surface area contributed by atoms with Crippen LogP contribution in [0.15, 0.2) is 36.4 Å². The van der Waals surface area contributed by atoms with Crippen LogP contribution in [0.4, 0.5) is 0 Å². The molecule has 0 amide bonds. The molecule has 6 heteroatoms. The van der Waals surface area contributed by atoms with Gasteiger partial charge in [-0.25, -0.2) is 0 Å². The maximum absolute atomic E-state index is 2.68. The van der Waals surface area contributed by atoms with Crippen LogP contribution >= 0.6 is 45.3 Å². The molecule has 0 N–H and O–H groups in total. The van der Waals surface area contributed by atoms with Crippen molar-refractivity contribution in [2.45, 2.75) is 122 Å². The molecule has 4 aromatic heterocycles. The number of hydrogen-bond acceptors (Lipinski definition) is 4. The average Bonchev–Trinajstić information content (AvgIpc) is 3.81. The first-order valence-corrected chi connectivity index (χ1v) is 41.3. The van der Waals surface area contributed by atoms with Gasteiger partial charge in [0.1, 0.15) is 0 Å². The average molecular weight is 905 g/mol. The van der Waals surface area contributed by atoms with Crippen molar-refractivity contribution in [1.82, 2.24) is 0 Å². The summed E-state index contributed by atoms with van der Waals surface area (Å²) in [6.07, 6.45) is 13.1. The van der Waals surface area contributed by atoms with E-state index in [4.69, 9.17) is 0 Å². The van der Waals surface area contributed by atoms with Gasteiger partial charge in [0.25, 0.3) is 0 Å². The van der Waals surface area contributed by atoms with E-state index >= 15 is 0 Å². The number of benzene rings is 1.